The zero-order chi connectivity index (χ0) is 15.2. The number of hydrogen-bond acceptors (Lipinski definition) is 3. The Bertz CT molecular complexity index is 613. The van der Waals surface area contributed by atoms with E-state index < -0.39 is 0 Å². The number of Topliss-reactive ketones (excluding diaryl/α,β-unsaturated/α-hetero) is 1. The molecule has 0 aromatic heterocycles. The minimum atomic E-state index is -0.152. The van der Waals surface area contributed by atoms with E-state index in [1.54, 1.807) is 18.2 Å². The first-order valence-electron chi connectivity index (χ1n) is 6.79. The van der Waals surface area contributed by atoms with Crippen molar-refractivity contribution in [1.82, 2.24) is 0 Å². The summed E-state index contributed by atoms with van der Waals surface area (Å²) in [6.45, 7) is 0. The molecular formula is C17H18ClNO2. The Morgan fingerprint density at radius 2 is 1.95 bits per heavy atom. The van der Waals surface area contributed by atoms with Crippen molar-refractivity contribution in [2.75, 3.05) is 7.11 Å². The Balaban J connectivity index is 2.04. The van der Waals surface area contributed by atoms with Crippen LogP contribution in [-0.4, -0.2) is 12.9 Å². The van der Waals surface area contributed by atoms with Crippen LogP contribution in [0.1, 0.15) is 34.8 Å². The summed E-state index contributed by atoms with van der Waals surface area (Å²) in [4.78, 5) is 12.3. The molecule has 0 bridgehead atoms. The summed E-state index contributed by atoms with van der Waals surface area (Å²) in [7, 11) is 1.54. The highest BCUT2D eigenvalue weighted by Gasteiger charge is 2.15. The van der Waals surface area contributed by atoms with Gasteiger partial charge in [-0.25, -0.2) is 0 Å². The van der Waals surface area contributed by atoms with Crippen molar-refractivity contribution in [3.8, 4) is 5.75 Å². The predicted octanol–water partition coefficient (Wildman–Crippen LogP) is 4.01. The molecule has 0 saturated heterocycles. The third kappa shape index (κ3) is 4.06. The molecule has 0 radical (unpaired) electrons. The molecule has 2 aromatic carbocycles. The summed E-state index contributed by atoms with van der Waals surface area (Å²) < 4.78 is 5.20. The van der Waals surface area contributed by atoms with Gasteiger partial charge < -0.3 is 10.5 Å². The molecule has 2 N–H and O–H groups in total. The normalized spacial score (nSPS) is 12.0. The van der Waals surface area contributed by atoms with Gasteiger partial charge in [0.05, 0.1) is 12.7 Å². The summed E-state index contributed by atoms with van der Waals surface area (Å²) in [5, 5.41) is 0.520. The number of carbonyl (C=O) groups excluding carboxylic acids is 1. The van der Waals surface area contributed by atoms with Crippen LogP contribution < -0.4 is 10.5 Å². The Morgan fingerprint density at radius 1 is 1.24 bits per heavy atom. The minimum absolute atomic E-state index is 0.0132. The highest BCUT2D eigenvalue weighted by molar-refractivity contribution is 6.31. The van der Waals surface area contributed by atoms with Crippen LogP contribution in [0.5, 0.6) is 5.75 Å². The first-order valence-corrected chi connectivity index (χ1v) is 7.17. The third-order valence-corrected chi connectivity index (χ3v) is 3.61. The fraction of sp³-hybridized carbons (Fsp3) is 0.235. The van der Waals surface area contributed by atoms with Gasteiger partial charge in [-0.05, 0) is 30.2 Å². The molecule has 4 heteroatoms. The van der Waals surface area contributed by atoms with Gasteiger partial charge >= 0.3 is 0 Å². The number of ether oxygens (including phenoxy) is 1. The first-order chi connectivity index (χ1) is 10.1. The minimum Gasteiger partial charge on any atom is -0.496 e. The fourth-order valence-electron chi connectivity index (χ4n) is 2.19. The fourth-order valence-corrected chi connectivity index (χ4v) is 2.36. The number of methoxy groups -OCH3 is 1. The van der Waals surface area contributed by atoms with Gasteiger partial charge in [-0.2, -0.15) is 0 Å². The molecule has 0 spiro atoms. The van der Waals surface area contributed by atoms with Crippen molar-refractivity contribution in [2.24, 2.45) is 5.73 Å². The number of nitrogens with two attached hydrogens (primary N) is 1. The number of ketones is 1. The van der Waals surface area contributed by atoms with E-state index in [4.69, 9.17) is 22.1 Å². The van der Waals surface area contributed by atoms with Crippen LogP contribution in [-0.2, 0) is 0 Å². The van der Waals surface area contributed by atoms with Gasteiger partial charge in [0.25, 0.3) is 0 Å². The molecular weight excluding hydrogens is 286 g/mol. The maximum atomic E-state index is 12.3. The average molecular weight is 304 g/mol. The van der Waals surface area contributed by atoms with Crippen molar-refractivity contribution >= 4 is 17.4 Å². The Hall–Kier alpha value is -1.84. The van der Waals surface area contributed by atoms with Crippen molar-refractivity contribution in [3.63, 3.8) is 0 Å². The summed E-state index contributed by atoms with van der Waals surface area (Å²) in [6.07, 6.45) is 0.936. The second kappa shape index (κ2) is 7.25. The van der Waals surface area contributed by atoms with Crippen molar-refractivity contribution in [1.29, 1.82) is 0 Å². The second-order valence-electron chi connectivity index (χ2n) is 4.82. The Morgan fingerprint density at radius 3 is 2.62 bits per heavy atom. The topological polar surface area (TPSA) is 52.3 Å². The van der Waals surface area contributed by atoms with Crippen molar-refractivity contribution in [3.05, 3.63) is 64.7 Å². The predicted molar refractivity (Wildman–Crippen MR) is 84.9 cm³/mol. The van der Waals surface area contributed by atoms with Crippen LogP contribution in [0.2, 0.25) is 5.02 Å². The molecule has 21 heavy (non-hydrogen) atoms. The third-order valence-electron chi connectivity index (χ3n) is 3.37. The van der Waals surface area contributed by atoms with Gasteiger partial charge in [-0.3, -0.25) is 4.79 Å². The van der Waals surface area contributed by atoms with E-state index in [2.05, 4.69) is 0 Å². The molecule has 1 atom stereocenters. The highest BCUT2D eigenvalue weighted by Crippen LogP contribution is 2.25. The van der Waals surface area contributed by atoms with E-state index in [0.29, 0.717) is 29.2 Å². The molecule has 2 aromatic rings. The summed E-state index contributed by atoms with van der Waals surface area (Å²) in [5.41, 5.74) is 7.65. The monoisotopic (exact) mass is 303 g/mol. The van der Waals surface area contributed by atoms with E-state index in [0.717, 1.165) is 5.56 Å². The molecule has 0 fully saturated rings. The smallest absolute Gasteiger partial charge is 0.166 e. The van der Waals surface area contributed by atoms with Crippen molar-refractivity contribution < 1.29 is 9.53 Å². The number of halogens is 1. The molecule has 0 saturated carbocycles. The van der Waals surface area contributed by atoms with Crippen LogP contribution in [0.4, 0.5) is 0 Å². The maximum absolute atomic E-state index is 12.3. The molecule has 1 unspecified atom stereocenters. The molecule has 0 aliphatic carbocycles. The molecule has 110 valence electrons. The van der Waals surface area contributed by atoms with Gasteiger partial charge in [-0.1, -0.05) is 41.9 Å². The van der Waals surface area contributed by atoms with Gasteiger partial charge in [-0.15, -0.1) is 0 Å². The van der Waals surface area contributed by atoms with Crippen LogP contribution >= 0.6 is 11.6 Å². The largest absolute Gasteiger partial charge is 0.496 e. The lowest BCUT2D eigenvalue weighted by atomic mass is 9.98. The SMILES string of the molecule is COc1ccc(Cl)cc1C(=O)CCC(N)c1ccccc1. The standard InChI is InChI=1S/C17H18ClNO2/c1-21-17-10-7-13(18)11-14(17)16(20)9-8-15(19)12-5-3-2-4-6-12/h2-7,10-11,15H,8-9,19H2,1H3. The number of hydrogen-bond donors (Lipinski definition) is 1. The lowest BCUT2D eigenvalue weighted by Gasteiger charge is -2.12. The quantitative estimate of drug-likeness (QED) is 0.820. The van der Waals surface area contributed by atoms with Gasteiger partial charge in [0, 0.05) is 17.5 Å². The zero-order valence-corrected chi connectivity index (χ0v) is 12.6. The lowest BCUT2D eigenvalue weighted by Crippen LogP contribution is -2.12. The van der Waals surface area contributed by atoms with Crippen LogP contribution in [0, 0.1) is 0 Å². The zero-order valence-electron chi connectivity index (χ0n) is 11.9. The Labute approximate surface area is 129 Å². The molecule has 2 rings (SSSR count). The van der Waals surface area contributed by atoms with E-state index >= 15 is 0 Å². The maximum Gasteiger partial charge on any atom is 0.166 e. The van der Waals surface area contributed by atoms with Crippen molar-refractivity contribution in [2.45, 2.75) is 18.9 Å². The first kappa shape index (κ1) is 15.5. The van der Waals surface area contributed by atoms with E-state index in [1.165, 1.54) is 7.11 Å². The highest BCUT2D eigenvalue weighted by atomic mass is 35.5. The molecule has 3 nitrogen and oxygen atoms in total. The van der Waals surface area contributed by atoms with E-state index in [9.17, 15) is 4.79 Å². The van der Waals surface area contributed by atoms with Gasteiger partial charge in [0.15, 0.2) is 5.78 Å². The summed E-state index contributed by atoms with van der Waals surface area (Å²) in [5.74, 6) is 0.526. The lowest BCUT2D eigenvalue weighted by molar-refractivity contribution is 0.0974. The molecule has 0 aliphatic rings. The summed E-state index contributed by atoms with van der Waals surface area (Å²) >= 11 is 5.94. The molecule has 0 heterocycles. The number of benzene rings is 2. The van der Waals surface area contributed by atoms with E-state index in [-0.39, 0.29) is 11.8 Å². The van der Waals surface area contributed by atoms with Crippen LogP contribution in [0.15, 0.2) is 48.5 Å². The molecule has 0 aliphatic heterocycles. The van der Waals surface area contributed by atoms with Gasteiger partial charge in [0.1, 0.15) is 5.75 Å². The summed E-state index contributed by atoms with van der Waals surface area (Å²) in [6, 6.07) is 14.6. The average Bonchev–Trinajstić information content (AvgIpc) is 2.53. The number of carbonyl (C=O) groups is 1. The Kier molecular flexibility index (Phi) is 5.37. The molecule has 0 amide bonds. The number of rotatable bonds is 6. The van der Waals surface area contributed by atoms with E-state index in [1.807, 2.05) is 30.3 Å². The van der Waals surface area contributed by atoms with Crippen LogP contribution in [0.3, 0.4) is 0 Å². The van der Waals surface area contributed by atoms with Gasteiger partial charge in [0.2, 0.25) is 0 Å². The van der Waals surface area contributed by atoms with Crippen LogP contribution in [0.25, 0.3) is 0 Å². The second-order valence-corrected chi connectivity index (χ2v) is 5.26.